The van der Waals surface area contributed by atoms with Crippen LogP contribution in [0, 0.1) is 0 Å². The van der Waals surface area contributed by atoms with E-state index in [0.717, 1.165) is 44.2 Å². The Morgan fingerprint density at radius 3 is 2.44 bits per heavy atom. The summed E-state index contributed by atoms with van der Waals surface area (Å²) in [6, 6.07) is 13.6. The van der Waals surface area contributed by atoms with Gasteiger partial charge in [0.2, 0.25) is 0 Å². The lowest BCUT2D eigenvalue weighted by Gasteiger charge is -2.34. The first-order valence-electron chi connectivity index (χ1n) is 10.6. The Morgan fingerprint density at radius 2 is 1.66 bits per heavy atom. The van der Waals surface area contributed by atoms with E-state index in [1.807, 2.05) is 0 Å². The molecule has 2 aromatic carbocycles. The molecule has 1 fully saturated rings. The van der Waals surface area contributed by atoms with Crippen molar-refractivity contribution in [3.8, 4) is 5.75 Å². The average Bonchev–Trinajstić information content (AvgIpc) is 3.05. The number of nitrogens with zero attached hydrogens (tertiary/aromatic N) is 3. The van der Waals surface area contributed by atoms with Gasteiger partial charge < -0.3 is 10.4 Å². The van der Waals surface area contributed by atoms with E-state index in [2.05, 4.69) is 9.71 Å². The number of hydrogen-bond donors (Lipinski definition) is 4. The highest BCUT2D eigenvalue weighted by molar-refractivity contribution is 8.23. The van der Waals surface area contributed by atoms with Gasteiger partial charge in [0, 0.05) is 11.1 Å². The van der Waals surface area contributed by atoms with Gasteiger partial charge in [-0.05, 0) is 49.9 Å². The van der Waals surface area contributed by atoms with Gasteiger partial charge >= 0.3 is 0 Å². The van der Waals surface area contributed by atoms with Crippen molar-refractivity contribution in [1.82, 2.24) is 4.68 Å². The van der Waals surface area contributed by atoms with E-state index >= 15 is 0 Å². The summed E-state index contributed by atoms with van der Waals surface area (Å²) in [4.78, 5) is 13.8. The number of benzene rings is 2. The molecule has 0 radical (unpaired) electrons. The molecule has 0 amide bonds. The second-order valence-corrected chi connectivity index (χ2v) is 9.68. The van der Waals surface area contributed by atoms with E-state index < -0.39 is 16.3 Å². The second kappa shape index (κ2) is 8.09. The third-order valence-corrected chi connectivity index (χ3v) is 7.23. The summed E-state index contributed by atoms with van der Waals surface area (Å²) in [6.45, 7) is 0. The number of nitrogens with one attached hydrogen (secondary N) is 1. The Kier molecular flexibility index (Phi) is 5.24. The van der Waals surface area contributed by atoms with Gasteiger partial charge in [-0.1, -0.05) is 47.9 Å². The molecule has 0 bridgehead atoms. The van der Waals surface area contributed by atoms with Crippen molar-refractivity contribution in [3.63, 3.8) is 0 Å². The van der Waals surface area contributed by atoms with Crippen molar-refractivity contribution in [2.24, 2.45) is 9.50 Å². The van der Waals surface area contributed by atoms with Gasteiger partial charge in [-0.25, -0.2) is 0 Å². The number of fused-ring (bicyclic) bond motifs is 2. The molecular weight excluding hydrogens is 428 g/mol. The summed E-state index contributed by atoms with van der Waals surface area (Å²) >= 11 is 0. The number of aromatic nitrogens is 1. The fraction of sp³-hybridized carbons (Fsp3) is 0.261. The lowest BCUT2D eigenvalue weighted by atomic mass is 10.1. The molecule has 2 aliphatic rings. The van der Waals surface area contributed by atoms with Gasteiger partial charge in [0.15, 0.2) is 5.84 Å². The largest absolute Gasteiger partial charge is 0.506 e. The van der Waals surface area contributed by atoms with Crippen molar-refractivity contribution >= 4 is 38.9 Å². The average molecular weight is 453 g/mol. The van der Waals surface area contributed by atoms with E-state index in [1.54, 1.807) is 48.5 Å². The molecule has 1 aromatic heterocycles. The smallest absolute Gasteiger partial charge is 0.286 e. The third-order valence-electron chi connectivity index (χ3n) is 5.84. The standard InChI is InChI=1S/C23H24N4O4S/c28-21-16-11-5-7-13-18(16)27(25-15-9-3-1-2-4-10-15)23(29)20(21)22-24-17-12-6-8-14-19(17)32(30,31)26-22/h5-8,11-14,28,30-31H,1-4,9-10H2,(H,24,26). The number of rotatable bonds is 2. The van der Waals surface area contributed by atoms with E-state index in [-0.39, 0.29) is 22.0 Å². The van der Waals surface area contributed by atoms with Gasteiger partial charge in [-0.2, -0.15) is 9.78 Å². The number of para-hydroxylation sites is 2. The molecule has 8 nitrogen and oxygen atoms in total. The molecule has 1 aliphatic heterocycles. The van der Waals surface area contributed by atoms with Crippen molar-refractivity contribution < 1.29 is 14.2 Å². The number of hydrogen-bond acceptors (Lipinski definition) is 7. The minimum atomic E-state index is -3.54. The van der Waals surface area contributed by atoms with Crippen molar-refractivity contribution in [3.05, 3.63) is 64.4 Å². The molecule has 4 N–H and O–H groups in total. The number of anilines is 1. The van der Waals surface area contributed by atoms with Gasteiger partial charge in [0.05, 0.1) is 11.2 Å². The van der Waals surface area contributed by atoms with Crippen LogP contribution in [0.2, 0.25) is 0 Å². The van der Waals surface area contributed by atoms with Crippen LogP contribution in [0.1, 0.15) is 44.1 Å². The molecule has 0 saturated heterocycles. The first-order valence-corrected chi connectivity index (χ1v) is 12.1. The normalized spacial score (nSPS) is 18.8. The molecule has 32 heavy (non-hydrogen) atoms. The lowest BCUT2D eigenvalue weighted by Crippen LogP contribution is -2.31. The highest BCUT2D eigenvalue weighted by Crippen LogP contribution is 2.55. The molecule has 166 valence electrons. The minimum absolute atomic E-state index is 0.0910. The molecule has 1 saturated carbocycles. The fourth-order valence-corrected chi connectivity index (χ4v) is 5.41. The van der Waals surface area contributed by atoms with Crippen LogP contribution < -0.4 is 10.9 Å². The zero-order valence-electron chi connectivity index (χ0n) is 17.4. The summed E-state index contributed by atoms with van der Waals surface area (Å²) in [5, 5.41) is 19.1. The summed E-state index contributed by atoms with van der Waals surface area (Å²) in [7, 11) is -3.54. The Balaban J connectivity index is 1.74. The summed E-state index contributed by atoms with van der Waals surface area (Å²) in [5.74, 6) is -0.365. The Bertz CT molecular complexity index is 1320. The molecule has 9 heteroatoms. The van der Waals surface area contributed by atoms with Crippen LogP contribution in [0.5, 0.6) is 5.75 Å². The first kappa shape index (κ1) is 20.7. The molecule has 0 unspecified atom stereocenters. The van der Waals surface area contributed by atoms with Gasteiger partial charge in [-0.15, -0.1) is 4.40 Å². The topological polar surface area (TPSA) is 119 Å². The minimum Gasteiger partial charge on any atom is -0.506 e. The van der Waals surface area contributed by atoms with Crippen LogP contribution >= 0.6 is 10.8 Å². The van der Waals surface area contributed by atoms with Crippen LogP contribution in [0.15, 0.2) is 67.7 Å². The Labute approximate surface area is 186 Å². The Morgan fingerprint density at radius 1 is 0.969 bits per heavy atom. The SMILES string of the molecule is O=c1c(C2=NS(O)(O)c3ccccc3N2)c(O)c2ccccc2n1N=C1CCCCCC1. The predicted molar refractivity (Wildman–Crippen MR) is 128 cm³/mol. The predicted octanol–water partition coefficient (Wildman–Crippen LogP) is 5.16. The van der Waals surface area contributed by atoms with E-state index in [1.165, 1.54) is 4.68 Å². The van der Waals surface area contributed by atoms with E-state index in [4.69, 9.17) is 5.10 Å². The summed E-state index contributed by atoms with van der Waals surface area (Å²) < 4.78 is 26.6. The maximum Gasteiger partial charge on any atom is 0.286 e. The van der Waals surface area contributed by atoms with Crippen molar-refractivity contribution in [2.75, 3.05) is 5.32 Å². The molecule has 1 aliphatic carbocycles. The third kappa shape index (κ3) is 3.58. The number of amidine groups is 1. The van der Waals surface area contributed by atoms with Gasteiger partial charge in [0.25, 0.3) is 5.56 Å². The zero-order valence-corrected chi connectivity index (χ0v) is 18.2. The van der Waals surface area contributed by atoms with Crippen molar-refractivity contribution in [2.45, 2.75) is 43.4 Å². The molecule has 0 atom stereocenters. The second-order valence-electron chi connectivity index (χ2n) is 8.02. The number of aromatic hydroxyl groups is 1. The lowest BCUT2D eigenvalue weighted by molar-refractivity contribution is 0.478. The van der Waals surface area contributed by atoms with Crippen LogP contribution in [0.25, 0.3) is 10.9 Å². The van der Waals surface area contributed by atoms with Crippen molar-refractivity contribution in [1.29, 1.82) is 0 Å². The van der Waals surface area contributed by atoms with Crippen LogP contribution in [-0.2, 0) is 0 Å². The molecule has 5 rings (SSSR count). The fourth-order valence-electron chi connectivity index (χ4n) is 4.24. The van der Waals surface area contributed by atoms with E-state index in [0.29, 0.717) is 16.6 Å². The quantitative estimate of drug-likeness (QED) is 0.400. The molecule has 2 heterocycles. The summed E-state index contributed by atoms with van der Waals surface area (Å²) in [6.07, 6.45) is 6.00. The first-order chi connectivity index (χ1) is 15.5. The molecule has 0 spiro atoms. The van der Waals surface area contributed by atoms with Gasteiger partial charge in [-0.3, -0.25) is 13.9 Å². The summed E-state index contributed by atoms with van der Waals surface area (Å²) in [5.41, 5.74) is 1.14. The zero-order chi connectivity index (χ0) is 22.3. The monoisotopic (exact) mass is 452 g/mol. The molecular formula is C23H24N4O4S. The van der Waals surface area contributed by atoms with Crippen LogP contribution in [0.3, 0.4) is 0 Å². The van der Waals surface area contributed by atoms with Crippen LogP contribution in [0.4, 0.5) is 5.69 Å². The number of pyridine rings is 1. The van der Waals surface area contributed by atoms with Crippen LogP contribution in [-0.4, -0.2) is 30.4 Å². The van der Waals surface area contributed by atoms with Gasteiger partial charge in [0.1, 0.15) is 16.2 Å². The maximum atomic E-state index is 13.6. The highest BCUT2D eigenvalue weighted by Gasteiger charge is 2.30. The van der Waals surface area contributed by atoms with E-state index in [9.17, 15) is 19.0 Å². The Hall–Kier alpha value is -3.14. The highest BCUT2D eigenvalue weighted by atomic mass is 32.3. The molecule has 3 aromatic rings. The maximum absolute atomic E-state index is 13.6.